The van der Waals surface area contributed by atoms with Crippen LogP contribution < -0.4 is 0 Å². The van der Waals surface area contributed by atoms with E-state index in [1.165, 1.54) is 6.92 Å². The summed E-state index contributed by atoms with van der Waals surface area (Å²) in [6.07, 6.45) is -1.39. The third kappa shape index (κ3) is 2.60. The van der Waals surface area contributed by atoms with Gasteiger partial charge in [-0.2, -0.15) is 0 Å². The van der Waals surface area contributed by atoms with E-state index < -0.39 is 12.2 Å². The first-order valence-corrected chi connectivity index (χ1v) is 2.50. The Morgan fingerprint density at radius 2 is 1.86 bits per heavy atom. The van der Waals surface area contributed by atoms with Gasteiger partial charge in [0.1, 0.15) is 12.2 Å². The SMILES string of the molecule is CCC([O])C(C)[O]. The molecule has 2 nitrogen and oxygen atoms in total. The topological polar surface area (TPSA) is 39.8 Å². The normalized spacial score (nSPS) is 18.9. The van der Waals surface area contributed by atoms with E-state index in [1.54, 1.807) is 6.92 Å². The molecule has 2 unspecified atom stereocenters. The Labute approximate surface area is 43.8 Å². The molecule has 0 bridgehead atoms. The smallest absolute Gasteiger partial charge is 0.122 e. The van der Waals surface area contributed by atoms with Gasteiger partial charge in [-0.3, -0.25) is 0 Å². The molecule has 0 saturated heterocycles. The van der Waals surface area contributed by atoms with Crippen LogP contribution in [0.2, 0.25) is 0 Å². The van der Waals surface area contributed by atoms with E-state index in [-0.39, 0.29) is 0 Å². The zero-order chi connectivity index (χ0) is 5.86. The second kappa shape index (κ2) is 2.99. The van der Waals surface area contributed by atoms with E-state index in [4.69, 9.17) is 0 Å². The Bertz CT molecular complexity index is 43.3. The van der Waals surface area contributed by atoms with Gasteiger partial charge in [0.25, 0.3) is 0 Å². The highest BCUT2D eigenvalue weighted by atomic mass is 16.3. The van der Waals surface area contributed by atoms with Gasteiger partial charge >= 0.3 is 0 Å². The first-order chi connectivity index (χ1) is 3.18. The maximum absolute atomic E-state index is 10.3. The largest absolute Gasteiger partial charge is 0.230 e. The molecule has 7 heavy (non-hydrogen) atoms. The van der Waals surface area contributed by atoms with Crippen molar-refractivity contribution in [1.82, 2.24) is 0 Å². The maximum Gasteiger partial charge on any atom is 0.122 e. The van der Waals surface area contributed by atoms with Crippen LogP contribution in [0.15, 0.2) is 0 Å². The molecule has 2 heteroatoms. The van der Waals surface area contributed by atoms with E-state index in [2.05, 4.69) is 0 Å². The lowest BCUT2D eigenvalue weighted by Crippen LogP contribution is -2.17. The Morgan fingerprint density at radius 3 is 1.86 bits per heavy atom. The third-order valence-corrected chi connectivity index (χ3v) is 0.926. The predicted octanol–water partition coefficient (Wildman–Crippen LogP) is 1.01. The zero-order valence-corrected chi connectivity index (χ0v) is 4.68. The highest BCUT2D eigenvalue weighted by molar-refractivity contribution is 4.56. The molecule has 0 aromatic rings. The molecule has 0 saturated carbocycles. The number of rotatable bonds is 2. The predicted molar refractivity (Wildman–Crippen MR) is 24.9 cm³/mol. The molecule has 0 aliphatic rings. The van der Waals surface area contributed by atoms with Crippen LogP contribution in [0.3, 0.4) is 0 Å². The minimum Gasteiger partial charge on any atom is -0.230 e. The van der Waals surface area contributed by atoms with E-state index in [0.29, 0.717) is 6.42 Å². The van der Waals surface area contributed by atoms with E-state index >= 15 is 0 Å². The molecule has 0 rings (SSSR count). The van der Waals surface area contributed by atoms with Crippen molar-refractivity contribution in [2.45, 2.75) is 32.5 Å². The molecule has 0 aromatic carbocycles. The van der Waals surface area contributed by atoms with Gasteiger partial charge < -0.3 is 0 Å². The molecule has 42 valence electrons. The molecular weight excluding hydrogens is 92.1 g/mol. The molecule has 0 spiro atoms. The van der Waals surface area contributed by atoms with Crippen molar-refractivity contribution in [1.29, 1.82) is 0 Å². The first kappa shape index (κ1) is 6.92. The molecule has 0 amide bonds. The second-order valence-electron chi connectivity index (χ2n) is 1.65. The summed E-state index contributed by atoms with van der Waals surface area (Å²) in [6, 6.07) is 0. The fraction of sp³-hybridized carbons (Fsp3) is 1.00. The average molecular weight is 102 g/mol. The van der Waals surface area contributed by atoms with Crippen LogP contribution in [-0.2, 0) is 10.2 Å². The Hall–Kier alpha value is -0.0800. The van der Waals surface area contributed by atoms with Gasteiger partial charge in [-0.05, 0) is 13.3 Å². The van der Waals surface area contributed by atoms with Crippen molar-refractivity contribution < 1.29 is 10.2 Å². The quantitative estimate of drug-likeness (QED) is 0.499. The summed E-state index contributed by atoms with van der Waals surface area (Å²) in [4.78, 5) is 0. The summed E-state index contributed by atoms with van der Waals surface area (Å²) in [5.74, 6) is 0. The average Bonchev–Trinajstić information content (AvgIpc) is 1.65. The molecule has 0 aliphatic carbocycles. The number of hydrogen-bond acceptors (Lipinski definition) is 0. The Balaban J connectivity index is 3.14. The van der Waals surface area contributed by atoms with E-state index in [1.807, 2.05) is 0 Å². The lowest BCUT2D eigenvalue weighted by atomic mass is 10.2. The van der Waals surface area contributed by atoms with Gasteiger partial charge in [0, 0.05) is 0 Å². The summed E-state index contributed by atoms with van der Waals surface area (Å²) in [6.45, 7) is 3.13. The van der Waals surface area contributed by atoms with Crippen molar-refractivity contribution in [3.8, 4) is 0 Å². The first-order valence-electron chi connectivity index (χ1n) is 2.50. The standard InChI is InChI=1S/C5H10O2/c1-3-5(7)4(2)6/h4-5H,3H2,1-2H3. The minimum absolute atomic E-state index is 0.449. The summed E-state index contributed by atoms with van der Waals surface area (Å²) in [7, 11) is 0. The maximum atomic E-state index is 10.3. The summed E-state index contributed by atoms with van der Waals surface area (Å²) < 4.78 is 0. The van der Waals surface area contributed by atoms with Gasteiger partial charge in [-0.15, -0.1) is 0 Å². The van der Waals surface area contributed by atoms with Crippen molar-refractivity contribution >= 4 is 0 Å². The van der Waals surface area contributed by atoms with E-state index in [9.17, 15) is 10.2 Å². The monoisotopic (exact) mass is 102 g/mol. The van der Waals surface area contributed by atoms with Crippen molar-refractivity contribution in [3.63, 3.8) is 0 Å². The molecular formula is C5H10O2. The van der Waals surface area contributed by atoms with Crippen LogP contribution in [0, 0.1) is 0 Å². The van der Waals surface area contributed by atoms with Gasteiger partial charge in [0.2, 0.25) is 0 Å². The molecule has 0 aliphatic heterocycles. The van der Waals surface area contributed by atoms with Crippen LogP contribution in [-0.4, -0.2) is 12.2 Å². The van der Waals surface area contributed by atoms with Crippen LogP contribution in [0.1, 0.15) is 20.3 Å². The van der Waals surface area contributed by atoms with Crippen LogP contribution in [0.25, 0.3) is 0 Å². The molecule has 0 fully saturated rings. The summed E-state index contributed by atoms with van der Waals surface area (Å²) in [5.41, 5.74) is 0. The highest BCUT2D eigenvalue weighted by Crippen LogP contribution is 1.96. The molecule has 2 radical (unpaired) electrons. The fourth-order valence-electron chi connectivity index (χ4n) is 0.332. The Morgan fingerprint density at radius 1 is 1.43 bits per heavy atom. The van der Waals surface area contributed by atoms with Gasteiger partial charge in [-0.25, -0.2) is 10.2 Å². The Kier molecular flexibility index (Phi) is 2.96. The van der Waals surface area contributed by atoms with Crippen LogP contribution in [0.5, 0.6) is 0 Å². The lowest BCUT2D eigenvalue weighted by Gasteiger charge is -2.02. The molecule has 0 aromatic heterocycles. The molecule has 0 N–H and O–H groups in total. The van der Waals surface area contributed by atoms with Crippen molar-refractivity contribution in [2.24, 2.45) is 0 Å². The van der Waals surface area contributed by atoms with Gasteiger partial charge in [0.15, 0.2) is 0 Å². The van der Waals surface area contributed by atoms with Gasteiger partial charge in [-0.1, -0.05) is 6.92 Å². The fourth-order valence-corrected chi connectivity index (χ4v) is 0.332. The van der Waals surface area contributed by atoms with E-state index in [0.717, 1.165) is 0 Å². The van der Waals surface area contributed by atoms with Gasteiger partial charge in [0.05, 0.1) is 0 Å². The van der Waals surface area contributed by atoms with Crippen molar-refractivity contribution in [3.05, 3.63) is 0 Å². The van der Waals surface area contributed by atoms with Crippen molar-refractivity contribution in [2.75, 3.05) is 0 Å². The second-order valence-corrected chi connectivity index (χ2v) is 1.65. The third-order valence-electron chi connectivity index (χ3n) is 0.926. The summed E-state index contributed by atoms with van der Waals surface area (Å²) in [5, 5.41) is 20.4. The highest BCUT2D eigenvalue weighted by Gasteiger charge is 2.09. The zero-order valence-electron chi connectivity index (χ0n) is 4.68. The summed E-state index contributed by atoms with van der Waals surface area (Å²) >= 11 is 0. The van der Waals surface area contributed by atoms with Crippen LogP contribution in [0.4, 0.5) is 0 Å². The number of hydrogen-bond donors (Lipinski definition) is 0. The van der Waals surface area contributed by atoms with Crippen LogP contribution >= 0.6 is 0 Å². The lowest BCUT2D eigenvalue weighted by molar-refractivity contribution is -0.0510. The molecule has 0 heterocycles. The minimum atomic E-state index is -0.940. The molecule has 2 atom stereocenters.